The summed E-state index contributed by atoms with van der Waals surface area (Å²) in [5.41, 5.74) is 4.20. The Labute approximate surface area is 129 Å². The lowest BCUT2D eigenvalue weighted by molar-refractivity contribution is 0.476. The van der Waals surface area contributed by atoms with Crippen LogP contribution in [-0.4, -0.2) is 0 Å². The van der Waals surface area contributed by atoms with E-state index in [0.29, 0.717) is 0 Å². The number of hydrogen-bond acceptors (Lipinski definition) is 0. The summed E-state index contributed by atoms with van der Waals surface area (Å²) in [7, 11) is 0. The molecule has 2 aromatic rings. The molecule has 0 aliphatic heterocycles. The molecule has 0 aromatic heterocycles. The lowest BCUT2D eigenvalue weighted by Gasteiger charge is -2.20. The molecule has 2 rings (SSSR count). The highest BCUT2D eigenvalue weighted by Gasteiger charge is 2.14. The van der Waals surface area contributed by atoms with Crippen molar-refractivity contribution in [3.8, 4) is 11.1 Å². The van der Waals surface area contributed by atoms with Crippen molar-refractivity contribution in [1.82, 2.24) is 0 Å². The topological polar surface area (TPSA) is 0 Å². The molecule has 0 N–H and O–H groups in total. The lowest BCUT2D eigenvalue weighted by Crippen LogP contribution is -2.11. The maximum absolute atomic E-state index is 2.36. The van der Waals surface area contributed by atoms with E-state index in [9.17, 15) is 0 Å². The van der Waals surface area contributed by atoms with Gasteiger partial charge in [0.2, 0.25) is 0 Å². The summed E-state index contributed by atoms with van der Waals surface area (Å²) in [6.07, 6.45) is 8.16. The van der Waals surface area contributed by atoms with Crippen LogP contribution >= 0.6 is 0 Å². The van der Waals surface area contributed by atoms with Gasteiger partial charge in [-0.25, -0.2) is 0 Å². The maximum atomic E-state index is 2.36. The van der Waals surface area contributed by atoms with Gasteiger partial charge in [-0.3, -0.25) is 0 Å². The summed E-state index contributed by atoms with van der Waals surface area (Å²) in [5.74, 6) is 0. The van der Waals surface area contributed by atoms with Gasteiger partial charge in [-0.2, -0.15) is 0 Å². The van der Waals surface area contributed by atoms with Gasteiger partial charge in [-0.05, 0) is 34.9 Å². The first-order valence-corrected chi connectivity index (χ1v) is 7.93. The predicted octanol–water partition coefficient (Wildman–Crippen LogP) is 6.28. The minimum absolute atomic E-state index is 0.226. The van der Waals surface area contributed by atoms with E-state index in [1.54, 1.807) is 0 Å². The van der Waals surface area contributed by atoms with Gasteiger partial charge < -0.3 is 0 Å². The molecule has 0 aliphatic carbocycles. The highest BCUT2D eigenvalue weighted by molar-refractivity contribution is 5.63. The van der Waals surface area contributed by atoms with Crippen LogP contribution in [0.2, 0.25) is 0 Å². The lowest BCUT2D eigenvalue weighted by atomic mass is 9.85. The number of rotatable bonds is 6. The molecule has 0 saturated carbocycles. The SMILES string of the molecule is CCC/C=C\C(C)(C)Cc1ccc(-c2ccccc2)cc1. The highest BCUT2D eigenvalue weighted by Crippen LogP contribution is 2.26. The van der Waals surface area contributed by atoms with Crippen molar-refractivity contribution in [3.05, 3.63) is 72.3 Å². The molecule has 0 spiro atoms. The van der Waals surface area contributed by atoms with Gasteiger partial charge in [0.1, 0.15) is 0 Å². The van der Waals surface area contributed by atoms with Crippen molar-refractivity contribution in [3.63, 3.8) is 0 Å². The zero-order valence-electron chi connectivity index (χ0n) is 13.5. The Hall–Kier alpha value is -1.82. The summed E-state index contributed by atoms with van der Waals surface area (Å²) in [6.45, 7) is 6.84. The first-order chi connectivity index (χ1) is 10.1. The summed E-state index contributed by atoms with van der Waals surface area (Å²) in [6, 6.07) is 19.5. The summed E-state index contributed by atoms with van der Waals surface area (Å²) in [4.78, 5) is 0. The molecule has 0 saturated heterocycles. The predicted molar refractivity (Wildman–Crippen MR) is 93.4 cm³/mol. The van der Waals surface area contributed by atoms with E-state index < -0.39 is 0 Å². The molecular weight excluding hydrogens is 252 g/mol. The van der Waals surface area contributed by atoms with Gasteiger partial charge >= 0.3 is 0 Å². The van der Waals surface area contributed by atoms with Crippen LogP contribution in [0.25, 0.3) is 11.1 Å². The van der Waals surface area contributed by atoms with Crippen LogP contribution in [0.15, 0.2) is 66.7 Å². The van der Waals surface area contributed by atoms with E-state index in [1.807, 2.05) is 0 Å². The van der Waals surface area contributed by atoms with Crippen LogP contribution in [0.5, 0.6) is 0 Å². The van der Waals surface area contributed by atoms with Gasteiger partial charge in [0.25, 0.3) is 0 Å². The van der Waals surface area contributed by atoms with E-state index in [0.717, 1.165) is 6.42 Å². The third-order valence-corrected chi connectivity index (χ3v) is 3.75. The largest absolute Gasteiger partial charge is 0.0880 e. The third-order valence-electron chi connectivity index (χ3n) is 3.75. The van der Waals surface area contributed by atoms with Gasteiger partial charge in [-0.1, -0.05) is 93.9 Å². The second-order valence-electron chi connectivity index (χ2n) is 6.42. The van der Waals surface area contributed by atoms with Crippen molar-refractivity contribution >= 4 is 0 Å². The zero-order chi connectivity index (χ0) is 15.1. The normalized spacial score (nSPS) is 12.0. The van der Waals surface area contributed by atoms with Gasteiger partial charge in [0.05, 0.1) is 0 Å². The monoisotopic (exact) mass is 278 g/mol. The average Bonchev–Trinajstić information content (AvgIpc) is 2.49. The van der Waals surface area contributed by atoms with Gasteiger partial charge in [0, 0.05) is 0 Å². The van der Waals surface area contributed by atoms with Crippen LogP contribution < -0.4 is 0 Å². The van der Waals surface area contributed by atoms with Crippen LogP contribution in [0.1, 0.15) is 39.2 Å². The molecule has 0 heterocycles. The summed E-state index contributed by atoms with van der Waals surface area (Å²) < 4.78 is 0. The van der Waals surface area contributed by atoms with E-state index in [4.69, 9.17) is 0 Å². The van der Waals surface area contributed by atoms with E-state index in [1.165, 1.54) is 29.5 Å². The first kappa shape index (κ1) is 15.6. The standard InChI is InChI=1S/C21H26/c1-4-5-9-16-21(2,3)17-18-12-14-20(15-13-18)19-10-7-6-8-11-19/h6-16H,4-5,17H2,1-3H3/b16-9-. The molecule has 110 valence electrons. The minimum atomic E-state index is 0.226. The zero-order valence-corrected chi connectivity index (χ0v) is 13.5. The highest BCUT2D eigenvalue weighted by atomic mass is 14.2. The average molecular weight is 278 g/mol. The van der Waals surface area contributed by atoms with Crippen LogP contribution in [0.3, 0.4) is 0 Å². The molecule has 21 heavy (non-hydrogen) atoms. The third kappa shape index (κ3) is 4.90. The maximum Gasteiger partial charge on any atom is -0.0134 e. The van der Waals surface area contributed by atoms with Crippen LogP contribution in [0, 0.1) is 5.41 Å². The Bertz CT molecular complexity index is 559. The van der Waals surface area contributed by atoms with Crippen LogP contribution in [0.4, 0.5) is 0 Å². The van der Waals surface area contributed by atoms with Crippen molar-refractivity contribution in [2.24, 2.45) is 5.41 Å². The Balaban J connectivity index is 2.06. The van der Waals surface area contributed by atoms with Crippen molar-refractivity contribution < 1.29 is 0 Å². The molecule has 0 heteroatoms. The number of hydrogen-bond donors (Lipinski definition) is 0. The second kappa shape index (κ2) is 7.26. The van der Waals surface area contributed by atoms with Gasteiger partial charge in [0.15, 0.2) is 0 Å². The minimum Gasteiger partial charge on any atom is -0.0880 e. The van der Waals surface area contributed by atoms with Gasteiger partial charge in [-0.15, -0.1) is 0 Å². The molecule has 0 bridgehead atoms. The summed E-state index contributed by atoms with van der Waals surface area (Å²) >= 11 is 0. The quantitative estimate of drug-likeness (QED) is 0.545. The molecule has 0 unspecified atom stereocenters. The van der Waals surface area contributed by atoms with Crippen molar-refractivity contribution in [2.75, 3.05) is 0 Å². The molecule has 0 nitrogen and oxygen atoms in total. The number of benzene rings is 2. The van der Waals surface area contributed by atoms with E-state index in [2.05, 4.69) is 87.5 Å². The Morgan fingerprint density at radius 1 is 0.857 bits per heavy atom. The molecule has 0 aliphatic rings. The Morgan fingerprint density at radius 3 is 2.10 bits per heavy atom. The number of unbranched alkanes of at least 4 members (excludes halogenated alkanes) is 1. The first-order valence-electron chi connectivity index (χ1n) is 7.93. The molecule has 0 fully saturated rings. The van der Waals surface area contributed by atoms with Crippen molar-refractivity contribution in [1.29, 1.82) is 0 Å². The van der Waals surface area contributed by atoms with Crippen molar-refractivity contribution in [2.45, 2.75) is 40.0 Å². The molecule has 2 aromatic carbocycles. The fraction of sp³-hybridized carbons (Fsp3) is 0.333. The smallest absolute Gasteiger partial charge is 0.0134 e. The Morgan fingerprint density at radius 2 is 1.48 bits per heavy atom. The fourth-order valence-corrected chi connectivity index (χ4v) is 2.60. The molecule has 0 amide bonds. The second-order valence-corrected chi connectivity index (χ2v) is 6.42. The Kier molecular flexibility index (Phi) is 5.38. The molecule has 0 radical (unpaired) electrons. The van der Waals surface area contributed by atoms with Crippen LogP contribution in [-0.2, 0) is 6.42 Å². The molecular formula is C21H26. The summed E-state index contributed by atoms with van der Waals surface area (Å²) in [5, 5.41) is 0. The molecule has 0 atom stereocenters. The van der Waals surface area contributed by atoms with E-state index >= 15 is 0 Å². The van der Waals surface area contributed by atoms with E-state index in [-0.39, 0.29) is 5.41 Å². The fourth-order valence-electron chi connectivity index (χ4n) is 2.60. The number of allylic oxidation sites excluding steroid dienone is 2.